The molecule has 8 nitrogen and oxygen atoms in total. The number of carbonyl (C=O) groups excluding carboxylic acids is 2. The van der Waals surface area contributed by atoms with E-state index >= 15 is 0 Å². The van der Waals surface area contributed by atoms with Crippen molar-refractivity contribution in [3.8, 4) is 0 Å². The Morgan fingerprint density at radius 2 is 0.830 bits per heavy atom. The van der Waals surface area contributed by atoms with Gasteiger partial charge in [-0.3, -0.25) is 9.59 Å². The molecule has 8 heteroatoms. The van der Waals surface area contributed by atoms with Gasteiger partial charge in [0.25, 0.3) is 0 Å². The lowest BCUT2D eigenvalue weighted by Gasteiger charge is -2.31. The third kappa shape index (κ3) is 35.8. The number of carboxylic acid groups (broad SMARTS) is 1. The fourth-order valence-corrected chi connectivity index (χ4v) is 6.98. The summed E-state index contributed by atoms with van der Waals surface area (Å²) < 4.78 is 17.2. The van der Waals surface area contributed by atoms with E-state index in [0.717, 1.165) is 38.5 Å². The minimum atomic E-state index is -0.872. The Morgan fingerprint density at radius 1 is 0.491 bits per heavy atom. The molecule has 0 spiro atoms. The third-order valence-corrected chi connectivity index (χ3v) is 10.5. The first-order valence-corrected chi connectivity index (χ1v) is 22.6. The molecule has 53 heavy (non-hydrogen) atoms. The summed E-state index contributed by atoms with van der Waals surface area (Å²) in [6.45, 7) is 4.72. The number of hydrogen-bond donors (Lipinski definition) is 1. The first-order chi connectivity index (χ1) is 25.6. The van der Waals surface area contributed by atoms with Gasteiger partial charge in [-0.15, -0.1) is 0 Å². The van der Waals surface area contributed by atoms with E-state index in [-0.39, 0.29) is 36.2 Å². The largest absolute Gasteiger partial charge is 0.477 e. The molecule has 0 aromatic rings. The maximum atomic E-state index is 12.6. The maximum absolute atomic E-state index is 12.6. The van der Waals surface area contributed by atoms with Crippen molar-refractivity contribution in [2.75, 3.05) is 41.0 Å². The predicted molar refractivity (Wildman–Crippen MR) is 220 cm³/mol. The topological polar surface area (TPSA) is 99.1 Å². The minimum absolute atomic E-state index is 0.0431. The van der Waals surface area contributed by atoms with Gasteiger partial charge in [0.2, 0.25) is 0 Å². The van der Waals surface area contributed by atoms with Gasteiger partial charge in [-0.25, -0.2) is 4.79 Å². The van der Waals surface area contributed by atoms with Crippen LogP contribution in [0.4, 0.5) is 0 Å². The van der Waals surface area contributed by atoms with Crippen LogP contribution in [-0.2, 0) is 28.6 Å². The van der Waals surface area contributed by atoms with Crippen molar-refractivity contribution in [2.45, 2.75) is 231 Å². The van der Waals surface area contributed by atoms with Gasteiger partial charge >= 0.3 is 17.9 Å². The van der Waals surface area contributed by atoms with Crippen molar-refractivity contribution in [3.63, 3.8) is 0 Å². The molecule has 0 aliphatic rings. The highest BCUT2D eigenvalue weighted by Crippen LogP contribution is 2.16. The van der Waals surface area contributed by atoms with E-state index in [1.807, 2.05) is 21.1 Å². The van der Waals surface area contributed by atoms with Gasteiger partial charge in [-0.2, -0.15) is 0 Å². The second kappa shape index (κ2) is 37.3. The van der Waals surface area contributed by atoms with E-state index in [1.165, 1.54) is 148 Å². The van der Waals surface area contributed by atoms with E-state index in [4.69, 9.17) is 14.2 Å². The molecule has 0 aromatic heterocycles. The number of esters is 2. The summed E-state index contributed by atoms with van der Waals surface area (Å²) in [6, 6.07) is -0.607. The second-order valence-electron chi connectivity index (χ2n) is 16.7. The molecule has 0 heterocycles. The first kappa shape index (κ1) is 51.3. The van der Waals surface area contributed by atoms with Crippen LogP contribution >= 0.6 is 0 Å². The van der Waals surface area contributed by atoms with Crippen LogP contribution < -0.4 is 0 Å². The minimum Gasteiger partial charge on any atom is -0.477 e. The lowest BCUT2D eigenvalue weighted by Crippen LogP contribution is -2.50. The van der Waals surface area contributed by atoms with Gasteiger partial charge in [0, 0.05) is 19.3 Å². The molecule has 0 fully saturated rings. The quantitative estimate of drug-likeness (QED) is 0.0377. The number of aliphatic carboxylic acids is 1. The lowest BCUT2D eigenvalue weighted by molar-refractivity contribution is -0.887. The number of nitrogens with zero attached hydrogens (tertiary/aromatic N) is 1. The Labute approximate surface area is 327 Å². The molecule has 0 saturated carbocycles. The zero-order chi connectivity index (χ0) is 39.3. The van der Waals surface area contributed by atoms with E-state index in [9.17, 15) is 19.5 Å². The number of carboxylic acids is 1. The molecule has 0 rings (SSSR count). The Morgan fingerprint density at radius 3 is 1.17 bits per heavy atom. The van der Waals surface area contributed by atoms with E-state index in [1.54, 1.807) is 0 Å². The number of rotatable bonds is 41. The van der Waals surface area contributed by atoms with E-state index in [0.29, 0.717) is 19.3 Å². The molecule has 0 aliphatic heterocycles. The van der Waals surface area contributed by atoms with Gasteiger partial charge in [-0.05, 0) is 12.8 Å². The Balaban J connectivity index is 4.05. The number of quaternary nitrogens is 1. The average Bonchev–Trinajstić information content (AvgIpc) is 3.11. The molecule has 314 valence electrons. The fourth-order valence-electron chi connectivity index (χ4n) is 6.98. The molecular weight excluding hydrogens is 666 g/mol. The summed E-state index contributed by atoms with van der Waals surface area (Å²) in [5, 5.41) is 9.58. The van der Waals surface area contributed by atoms with Gasteiger partial charge in [0.1, 0.15) is 6.61 Å². The van der Waals surface area contributed by atoms with Crippen molar-refractivity contribution in [1.29, 1.82) is 0 Å². The highest BCUT2D eigenvalue weighted by Gasteiger charge is 2.31. The van der Waals surface area contributed by atoms with Crippen LogP contribution in [0, 0.1) is 0 Å². The smallest absolute Gasteiger partial charge is 0.362 e. The maximum Gasteiger partial charge on any atom is 0.362 e. The van der Waals surface area contributed by atoms with Gasteiger partial charge in [0.15, 0.2) is 12.1 Å². The summed E-state index contributed by atoms with van der Waals surface area (Å²) in [5.41, 5.74) is 0. The SMILES string of the molecule is CCCCCCCCCCCCCCCCCCCCCCCCC(=O)OCC(COCCC(C(=O)O)[N+](C)(C)C)OC(=O)CCCCCCCCC. The van der Waals surface area contributed by atoms with Crippen molar-refractivity contribution in [1.82, 2.24) is 0 Å². The van der Waals surface area contributed by atoms with Crippen LogP contribution in [0.5, 0.6) is 0 Å². The molecular formula is C45H88NO7+. The molecule has 0 saturated heterocycles. The molecule has 0 radical (unpaired) electrons. The van der Waals surface area contributed by atoms with Gasteiger partial charge in [-0.1, -0.05) is 187 Å². The zero-order valence-corrected chi connectivity index (χ0v) is 35.7. The predicted octanol–water partition coefficient (Wildman–Crippen LogP) is 12.1. The Bertz CT molecular complexity index is 843. The summed E-state index contributed by atoms with van der Waals surface area (Å²) in [7, 11) is 5.53. The Kier molecular flexibility index (Phi) is 36.1. The number of hydrogen-bond acceptors (Lipinski definition) is 6. The molecule has 1 N–H and O–H groups in total. The summed E-state index contributed by atoms with van der Waals surface area (Å²) in [6.07, 6.45) is 37.4. The van der Waals surface area contributed by atoms with Crippen LogP contribution in [-0.4, -0.2) is 80.6 Å². The van der Waals surface area contributed by atoms with Gasteiger partial charge in [0.05, 0.1) is 34.4 Å². The van der Waals surface area contributed by atoms with E-state index < -0.39 is 18.1 Å². The van der Waals surface area contributed by atoms with Crippen LogP contribution in [0.15, 0.2) is 0 Å². The molecule has 0 bridgehead atoms. The molecule has 0 aliphatic carbocycles. The molecule has 2 unspecified atom stereocenters. The first-order valence-electron chi connectivity index (χ1n) is 22.6. The van der Waals surface area contributed by atoms with Crippen molar-refractivity contribution in [2.24, 2.45) is 0 Å². The number of unbranched alkanes of at least 4 members (excludes halogenated alkanes) is 27. The van der Waals surface area contributed by atoms with Crippen molar-refractivity contribution < 1.29 is 38.2 Å². The Hall–Kier alpha value is -1.67. The number of likely N-dealkylation sites (N-methyl/N-ethyl adjacent to an activating group) is 1. The standard InChI is InChI=1S/C45H87NO7/c1-6-8-10-12-14-15-16-17-18-19-20-21-22-23-24-25-26-27-28-30-31-33-35-43(47)52-40-41(39-51-38-37-42(45(49)50)46(3,4)5)53-44(48)36-34-32-29-13-11-9-7-2/h41-42H,6-40H2,1-5H3/p+1. The second-order valence-corrected chi connectivity index (χ2v) is 16.7. The van der Waals surface area contributed by atoms with Crippen LogP contribution in [0.3, 0.4) is 0 Å². The third-order valence-electron chi connectivity index (χ3n) is 10.5. The van der Waals surface area contributed by atoms with Crippen LogP contribution in [0.2, 0.25) is 0 Å². The highest BCUT2D eigenvalue weighted by atomic mass is 16.6. The van der Waals surface area contributed by atoms with Crippen LogP contribution in [0.1, 0.15) is 219 Å². The molecule has 0 amide bonds. The van der Waals surface area contributed by atoms with Gasteiger partial charge < -0.3 is 23.8 Å². The monoisotopic (exact) mass is 755 g/mol. The van der Waals surface area contributed by atoms with Crippen molar-refractivity contribution in [3.05, 3.63) is 0 Å². The average molecular weight is 755 g/mol. The number of ether oxygens (including phenoxy) is 3. The summed E-state index contributed by atoms with van der Waals surface area (Å²) in [4.78, 5) is 36.8. The van der Waals surface area contributed by atoms with Crippen molar-refractivity contribution >= 4 is 17.9 Å². The highest BCUT2D eigenvalue weighted by molar-refractivity contribution is 5.72. The molecule has 2 atom stereocenters. The summed E-state index contributed by atoms with van der Waals surface area (Å²) in [5.74, 6) is -1.46. The zero-order valence-electron chi connectivity index (χ0n) is 35.7. The fraction of sp³-hybridized carbons (Fsp3) is 0.933. The number of carbonyl (C=O) groups is 3. The summed E-state index contributed by atoms with van der Waals surface area (Å²) >= 11 is 0. The normalized spacial score (nSPS) is 12.8. The molecule has 0 aromatic carbocycles. The van der Waals surface area contributed by atoms with Crippen LogP contribution in [0.25, 0.3) is 0 Å². The lowest BCUT2D eigenvalue weighted by atomic mass is 10.0. The van der Waals surface area contributed by atoms with E-state index in [2.05, 4.69) is 13.8 Å².